The molecule has 2 aliphatic rings. The minimum Gasteiger partial charge on any atom is -0.481 e. The van der Waals surface area contributed by atoms with Crippen LogP contribution in [0.1, 0.15) is 24.8 Å². The number of rotatable bonds is 6. The lowest BCUT2D eigenvalue weighted by atomic mass is 10.0. The molecule has 156 valence electrons. The molecule has 0 saturated heterocycles. The number of carboxylic acid groups (broad SMARTS) is 1. The number of hydrogen-bond acceptors (Lipinski definition) is 3. The lowest BCUT2D eigenvalue weighted by molar-refractivity contribution is -0.462. The smallest absolute Gasteiger partial charge is 0.303 e. The van der Waals surface area contributed by atoms with Crippen LogP contribution in [0.5, 0.6) is 0 Å². The summed E-state index contributed by atoms with van der Waals surface area (Å²) in [7, 11) is 8.15. The lowest BCUT2D eigenvalue weighted by Gasteiger charge is -2.19. The second kappa shape index (κ2) is 9.81. The fourth-order valence-corrected chi connectivity index (χ4v) is 4.43. The number of anilines is 1. The maximum absolute atomic E-state index is 10.9. The summed E-state index contributed by atoms with van der Waals surface area (Å²) in [5, 5.41) is 8.99. The van der Waals surface area contributed by atoms with Crippen LogP contribution in [-0.2, 0) is 4.79 Å². The van der Waals surface area contributed by atoms with Crippen molar-refractivity contribution in [3.05, 3.63) is 81.7 Å². The molecule has 1 aliphatic heterocycles. The van der Waals surface area contributed by atoms with Crippen LogP contribution in [0.4, 0.5) is 5.69 Å². The van der Waals surface area contributed by atoms with E-state index in [9.17, 15) is 4.79 Å². The van der Waals surface area contributed by atoms with E-state index in [0.29, 0.717) is 6.42 Å². The molecular weight excluding hydrogens is 392 g/mol. The highest BCUT2D eigenvalue weighted by atomic mass is 32.2. The minimum absolute atomic E-state index is 0.196. The van der Waals surface area contributed by atoms with Crippen LogP contribution in [0.2, 0.25) is 0 Å². The van der Waals surface area contributed by atoms with Gasteiger partial charge in [0.25, 0.3) is 0 Å². The van der Waals surface area contributed by atoms with Gasteiger partial charge in [0.1, 0.15) is 14.1 Å². The van der Waals surface area contributed by atoms with E-state index in [-0.39, 0.29) is 6.42 Å². The second-order valence-corrected chi connectivity index (χ2v) is 8.97. The number of thioether (sulfide) groups is 1. The van der Waals surface area contributed by atoms with Gasteiger partial charge in [0, 0.05) is 43.3 Å². The molecule has 30 heavy (non-hydrogen) atoms. The molecule has 5 heteroatoms. The average molecular weight is 422 g/mol. The highest BCUT2D eigenvalue weighted by Crippen LogP contribution is 2.41. The topological polar surface area (TPSA) is 43.5 Å². The molecule has 0 bridgehead atoms. The van der Waals surface area contributed by atoms with Crippen molar-refractivity contribution in [2.45, 2.75) is 19.3 Å². The Hall–Kier alpha value is -2.79. The summed E-state index contributed by atoms with van der Waals surface area (Å²) >= 11 is 1.74. The van der Waals surface area contributed by atoms with Gasteiger partial charge in [0.2, 0.25) is 0 Å². The average Bonchev–Trinajstić information content (AvgIpc) is 2.73. The normalized spacial score (nSPS) is 15.8. The number of benzene rings is 1. The highest BCUT2D eigenvalue weighted by molar-refractivity contribution is 8.07. The van der Waals surface area contributed by atoms with Crippen molar-refractivity contribution in [2.75, 3.05) is 33.1 Å². The predicted octanol–water partition coefficient (Wildman–Crippen LogP) is 5.11. The van der Waals surface area contributed by atoms with Gasteiger partial charge in [-0.05, 0) is 70.9 Å². The third-order valence-corrected chi connectivity index (χ3v) is 6.20. The van der Waals surface area contributed by atoms with E-state index in [1.165, 1.54) is 32.3 Å². The van der Waals surface area contributed by atoms with E-state index in [4.69, 9.17) is 5.11 Å². The van der Waals surface area contributed by atoms with Crippen molar-refractivity contribution < 1.29 is 14.5 Å². The molecule has 3 rings (SSSR count). The third kappa shape index (κ3) is 5.63. The zero-order valence-electron chi connectivity index (χ0n) is 18.1. The molecular formula is C25H29N2O2S+. The first kappa shape index (κ1) is 21.9. The number of hydrogen-bond donors (Lipinski definition) is 1. The third-order valence-electron chi connectivity index (χ3n) is 5.04. The first-order valence-electron chi connectivity index (χ1n) is 10.1. The van der Waals surface area contributed by atoms with Gasteiger partial charge in [-0.3, -0.25) is 4.79 Å². The molecule has 0 saturated carbocycles. The molecule has 1 aliphatic carbocycles. The molecule has 4 nitrogen and oxygen atoms in total. The first-order chi connectivity index (χ1) is 14.3. The van der Waals surface area contributed by atoms with E-state index in [1.807, 2.05) is 28.2 Å². The van der Waals surface area contributed by atoms with Crippen LogP contribution in [0.3, 0.4) is 0 Å². The van der Waals surface area contributed by atoms with Crippen molar-refractivity contribution in [1.29, 1.82) is 0 Å². The van der Waals surface area contributed by atoms with E-state index in [2.05, 4.69) is 70.2 Å². The monoisotopic (exact) mass is 421 g/mol. The van der Waals surface area contributed by atoms with Crippen LogP contribution >= 0.6 is 11.8 Å². The summed E-state index contributed by atoms with van der Waals surface area (Å²) in [5.74, 6) is -0.741. The molecule has 0 radical (unpaired) electrons. The first-order valence-corrected chi connectivity index (χ1v) is 10.9. The zero-order valence-corrected chi connectivity index (χ0v) is 18.9. The Labute approximate surface area is 183 Å². The Kier molecular flexibility index (Phi) is 7.16. The van der Waals surface area contributed by atoms with Gasteiger partial charge < -0.3 is 10.0 Å². The molecule has 0 spiro atoms. The molecule has 0 unspecified atom stereocenters. The van der Waals surface area contributed by atoms with E-state index < -0.39 is 5.97 Å². The summed E-state index contributed by atoms with van der Waals surface area (Å²) < 4.78 is 2.09. The Morgan fingerprint density at radius 3 is 2.27 bits per heavy atom. The van der Waals surface area contributed by atoms with E-state index in [1.54, 1.807) is 11.8 Å². The summed E-state index contributed by atoms with van der Waals surface area (Å²) in [4.78, 5) is 15.4. The largest absolute Gasteiger partial charge is 0.481 e. The van der Waals surface area contributed by atoms with Crippen LogP contribution in [0.15, 0.2) is 76.1 Å². The van der Waals surface area contributed by atoms with E-state index in [0.717, 1.165) is 12.0 Å². The fraction of sp³-hybridized carbons (Fsp3) is 0.280. The van der Waals surface area contributed by atoms with Crippen molar-refractivity contribution in [3.63, 3.8) is 0 Å². The Morgan fingerprint density at radius 2 is 1.70 bits per heavy atom. The van der Waals surface area contributed by atoms with Gasteiger partial charge in [-0.15, -0.1) is 0 Å². The van der Waals surface area contributed by atoms with Gasteiger partial charge in [-0.25, -0.2) is 4.58 Å². The summed E-state index contributed by atoms with van der Waals surface area (Å²) in [6.07, 6.45) is 14.6. The fourth-order valence-electron chi connectivity index (χ4n) is 3.28. The minimum atomic E-state index is -0.741. The van der Waals surface area contributed by atoms with Gasteiger partial charge >= 0.3 is 5.97 Å². The van der Waals surface area contributed by atoms with Crippen molar-refractivity contribution in [3.8, 4) is 0 Å². The summed E-state index contributed by atoms with van der Waals surface area (Å²) in [6.45, 7) is 0. The number of carboxylic acids is 1. The van der Waals surface area contributed by atoms with E-state index >= 15 is 0 Å². The molecule has 0 fully saturated rings. The number of carbonyl (C=O) groups is 1. The Morgan fingerprint density at radius 1 is 1.03 bits per heavy atom. The SMILES string of the molecule is CN(C)c1ccc(C2=CC(=C3C=CC(=[N+](C)C)C=C3)SC(CCCC(=O)O)=C2)cc1. The number of nitrogens with zero attached hydrogens (tertiary/aromatic N) is 2. The van der Waals surface area contributed by atoms with Crippen LogP contribution < -0.4 is 4.90 Å². The summed E-state index contributed by atoms with van der Waals surface area (Å²) in [5.41, 5.74) is 5.84. The molecule has 1 N–H and O–H groups in total. The maximum atomic E-state index is 10.9. The molecule has 0 amide bonds. The Balaban J connectivity index is 1.94. The van der Waals surface area contributed by atoms with Crippen molar-refractivity contribution >= 4 is 34.7 Å². The highest BCUT2D eigenvalue weighted by Gasteiger charge is 2.16. The quantitative estimate of drug-likeness (QED) is 0.648. The van der Waals surface area contributed by atoms with Gasteiger partial charge in [-0.1, -0.05) is 23.9 Å². The zero-order chi connectivity index (χ0) is 21.7. The van der Waals surface area contributed by atoms with Crippen molar-refractivity contribution in [1.82, 2.24) is 0 Å². The van der Waals surface area contributed by atoms with Crippen LogP contribution in [0, 0.1) is 0 Å². The number of allylic oxidation sites excluding steroid dienone is 9. The molecule has 0 atom stereocenters. The van der Waals surface area contributed by atoms with Crippen LogP contribution in [0.25, 0.3) is 5.57 Å². The number of aliphatic carboxylic acids is 1. The van der Waals surface area contributed by atoms with Gasteiger partial charge in [0.15, 0.2) is 5.71 Å². The molecule has 1 heterocycles. The van der Waals surface area contributed by atoms with Gasteiger partial charge in [-0.2, -0.15) is 0 Å². The van der Waals surface area contributed by atoms with Gasteiger partial charge in [0.05, 0.1) is 0 Å². The molecule has 1 aromatic rings. The summed E-state index contributed by atoms with van der Waals surface area (Å²) in [6, 6.07) is 8.55. The molecule has 1 aromatic carbocycles. The van der Waals surface area contributed by atoms with Crippen LogP contribution in [-0.4, -0.2) is 49.6 Å². The molecule has 0 aromatic heterocycles. The lowest BCUT2D eigenvalue weighted by Crippen LogP contribution is -2.10. The standard InChI is InChI=1S/C25H28N2O2S/c1-26(2)21-12-8-18(9-13-21)20-16-23(6-5-7-25(28)29)30-24(17-20)19-10-14-22(15-11-19)27(3)4/h8-17H,5-7H2,1-4H3/p+1. The second-order valence-electron chi connectivity index (χ2n) is 7.81. The van der Waals surface area contributed by atoms with Crippen molar-refractivity contribution in [2.24, 2.45) is 0 Å². The Bertz CT molecular complexity index is 984. The maximum Gasteiger partial charge on any atom is 0.303 e. The predicted molar refractivity (Wildman–Crippen MR) is 128 cm³/mol.